The molecule has 2 amide bonds. The molecule has 1 aromatic heterocycles. The maximum absolute atomic E-state index is 13.0. The fraction of sp³-hybridized carbons (Fsp3) is 0.261. The summed E-state index contributed by atoms with van der Waals surface area (Å²) in [7, 11) is 0. The second-order valence-electron chi connectivity index (χ2n) is 7.42. The van der Waals surface area contributed by atoms with E-state index in [1.165, 1.54) is 0 Å². The van der Waals surface area contributed by atoms with Gasteiger partial charge in [-0.05, 0) is 43.5 Å². The van der Waals surface area contributed by atoms with Crippen LogP contribution < -0.4 is 5.32 Å². The molecule has 0 unspecified atom stereocenters. The molecule has 6 nitrogen and oxygen atoms in total. The van der Waals surface area contributed by atoms with Crippen LogP contribution in [0, 0.1) is 6.92 Å². The van der Waals surface area contributed by atoms with Crippen LogP contribution in [0.3, 0.4) is 0 Å². The summed E-state index contributed by atoms with van der Waals surface area (Å²) in [6, 6.07) is 16.8. The molecular formula is C23H24N4O2. The van der Waals surface area contributed by atoms with Crippen molar-refractivity contribution in [3.63, 3.8) is 0 Å². The van der Waals surface area contributed by atoms with Crippen molar-refractivity contribution < 1.29 is 9.59 Å². The Hall–Kier alpha value is -3.41. The van der Waals surface area contributed by atoms with Gasteiger partial charge in [0, 0.05) is 30.1 Å². The molecule has 4 rings (SSSR count). The Labute approximate surface area is 169 Å². The number of nitrogens with one attached hydrogen (secondary N) is 2. The van der Waals surface area contributed by atoms with Gasteiger partial charge in [-0.1, -0.05) is 36.4 Å². The molecule has 0 aliphatic carbocycles. The number of rotatable bonds is 4. The highest BCUT2D eigenvalue weighted by atomic mass is 16.2. The Morgan fingerprint density at radius 2 is 1.86 bits per heavy atom. The molecule has 1 atom stereocenters. The zero-order valence-electron chi connectivity index (χ0n) is 16.4. The maximum atomic E-state index is 13.0. The van der Waals surface area contributed by atoms with Crippen molar-refractivity contribution in [1.82, 2.24) is 15.1 Å². The summed E-state index contributed by atoms with van der Waals surface area (Å²) in [4.78, 5) is 27.4. The Bertz CT molecular complexity index is 1010. The molecule has 1 aliphatic rings. The molecular weight excluding hydrogens is 364 g/mol. The van der Waals surface area contributed by atoms with Crippen molar-refractivity contribution in [3.8, 4) is 0 Å². The standard InChI is InChI=1S/C23H24N4O2/c1-16-8-5-6-12-19(16)23(29)27-13-7-11-18(15-27)21-20(14-24-26-21)25-22(28)17-9-3-2-4-10-17/h2-6,8-10,12,14,18H,7,11,13,15H2,1H3,(H,24,26)(H,25,28)/t18-/m1/s1. The van der Waals surface area contributed by atoms with Crippen LogP contribution in [0.2, 0.25) is 0 Å². The third-order valence-corrected chi connectivity index (χ3v) is 5.45. The normalized spacial score (nSPS) is 16.4. The van der Waals surface area contributed by atoms with E-state index < -0.39 is 0 Å². The Balaban J connectivity index is 1.50. The number of benzene rings is 2. The zero-order chi connectivity index (χ0) is 20.2. The third-order valence-electron chi connectivity index (χ3n) is 5.45. The van der Waals surface area contributed by atoms with Gasteiger partial charge >= 0.3 is 0 Å². The molecule has 0 bridgehead atoms. The fourth-order valence-corrected chi connectivity index (χ4v) is 3.87. The van der Waals surface area contributed by atoms with Gasteiger partial charge in [0.25, 0.3) is 11.8 Å². The number of anilines is 1. The number of hydrogen-bond donors (Lipinski definition) is 2. The van der Waals surface area contributed by atoms with Crippen LogP contribution >= 0.6 is 0 Å². The molecule has 2 heterocycles. The van der Waals surface area contributed by atoms with Crippen molar-refractivity contribution in [2.45, 2.75) is 25.7 Å². The Kier molecular flexibility index (Phi) is 5.42. The summed E-state index contributed by atoms with van der Waals surface area (Å²) >= 11 is 0. The van der Waals surface area contributed by atoms with E-state index in [0.29, 0.717) is 17.8 Å². The van der Waals surface area contributed by atoms with E-state index in [0.717, 1.165) is 36.2 Å². The fourth-order valence-electron chi connectivity index (χ4n) is 3.87. The van der Waals surface area contributed by atoms with Crippen LogP contribution in [0.4, 0.5) is 5.69 Å². The predicted octanol–water partition coefficient (Wildman–Crippen LogP) is 3.99. The van der Waals surface area contributed by atoms with Gasteiger partial charge in [0.05, 0.1) is 17.6 Å². The van der Waals surface area contributed by atoms with E-state index in [-0.39, 0.29) is 17.7 Å². The van der Waals surface area contributed by atoms with Crippen molar-refractivity contribution >= 4 is 17.5 Å². The summed E-state index contributed by atoms with van der Waals surface area (Å²) in [6.07, 6.45) is 3.49. The van der Waals surface area contributed by atoms with Gasteiger partial charge in [-0.25, -0.2) is 0 Å². The highest BCUT2D eigenvalue weighted by Crippen LogP contribution is 2.31. The quantitative estimate of drug-likeness (QED) is 0.709. The monoisotopic (exact) mass is 388 g/mol. The van der Waals surface area contributed by atoms with Gasteiger partial charge < -0.3 is 10.2 Å². The lowest BCUT2D eigenvalue weighted by Gasteiger charge is -2.33. The molecule has 6 heteroatoms. The second kappa shape index (κ2) is 8.31. The van der Waals surface area contributed by atoms with E-state index >= 15 is 0 Å². The number of piperidine rings is 1. The van der Waals surface area contributed by atoms with Gasteiger partial charge in [0.15, 0.2) is 0 Å². The molecule has 2 N–H and O–H groups in total. The number of H-pyrrole nitrogens is 1. The molecule has 3 aromatic rings. The molecule has 1 saturated heterocycles. The first-order valence-corrected chi connectivity index (χ1v) is 9.88. The van der Waals surface area contributed by atoms with Crippen molar-refractivity contribution in [2.24, 2.45) is 0 Å². The molecule has 2 aromatic carbocycles. The smallest absolute Gasteiger partial charge is 0.255 e. The Morgan fingerprint density at radius 1 is 1.10 bits per heavy atom. The van der Waals surface area contributed by atoms with Crippen molar-refractivity contribution in [2.75, 3.05) is 18.4 Å². The minimum absolute atomic E-state index is 0.0576. The lowest BCUT2D eigenvalue weighted by Crippen LogP contribution is -2.39. The highest BCUT2D eigenvalue weighted by molar-refractivity contribution is 6.04. The third kappa shape index (κ3) is 4.06. The number of aromatic nitrogens is 2. The minimum Gasteiger partial charge on any atom is -0.338 e. The summed E-state index contributed by atoms with van der Waals surface area (Å²) in [5.41, 5.74) is 3.87. The molecule has 29 heavy (non-hydrogen) atoms. The maximum Gasteiger partial charge on any atom is 0.255 e. The SMILES string of the molecule is Cc1ccccc1C(=O)N1CCC[C@@H](c2[nH]ncc2NC(=O)c2ccccc2)C1. The van der Waals surface area contributed by atoms with Crippen LogP contribution in [-0.4, -0.2) is 40.0 Å². The first-order chi connectivity index (χ1) is 14.1. The number of carbonyl (C=O) groups is 2. The van der Waals surface area contributed by atoms with E-state index in [1.54, 1.807) is 18.3 Å². The number of amides is 2. The van der Waals surface area contributed by atoms with Crippen molar-refractivity contribution in [1.29, 1.82) is 0 Å². The highest BCUT2D eigenvalue weighted by Gasteiger charge is 2.29. The molecule has 1 aliphatic heterocycles. The number of aromatic amines is 1. The van der Waals surface area contributed by atoms with Crippen LogP contribution in [0.15, 0.2) is 60.8 Å². The molecule has 0 spiro atoms. The van der Waals surface area contributed by atoms with Crippen LogP contribution in [0.25, 0.3) is 0 Å². The number of nitrogens with zero attached hydrogens (tertiary/aromatic N) is 2. The lowest BCUT2D eigenvalue weighted by atomic mass is 9.93. The zero-order valence-corrected chi connectivity index (χ0v) is 16.4. The summed E-state index contributed by atoms with van der Waals surface area (Å²) in [6.45, 7) is 3.30. The molecule has 0 saturated carbocycles. The van der Waals surface area contributed by atoms with Gasteiger partial charge in [0.2, 0.25) is 0 Å². The number of carbonyl (C=O) groups excluding carboxylic acids is 2. The van der Waals surface area contributed by atoms with Gasteiger partial charge in [-0.15, -0.1) is 0 Å². The molecule has 0 radical (unpaired) electrons. The summed E-state index contributed by atoms with van der Waals surface area (Å²) in [5, 5.41) is 10.1. The summed E-state index contributed by atoms with van der Waals surface area (Å²) in [5.74, 6) is -0.00983. The average molecular weight is 388 g/mol. The molecule has 1 fully saturated rings. The van der Waals surface area contributed by atoms with Gasteiger partial charge in [0.1, 0.15) is 0 Å². The number of likely N-dealkylation sites (tertiary alicyclic amines) is 1. The van der Waals surface area contributed by atoms with Crippen molar-refractivity contribution in [3.05, 3.63) is 83.2 Å². The lowest BCUT2D eigenvalue weighted by molar-refractivity contribution is 0.0705. The number of hydrogen-bond acceptors (Lipinski definition) is 3. The largest absolute Gasteiger partial charge is 0.338 e. The average Bonchev–Trinajstić information content (AvgIpc) is 3.22. The topological polar surface area (TPSA) is 78.1 Å². The van der Waals surface area contributed by atoms with Gasteiger partial charge in [-0.2, -0.15) is 5.10 Å². The molecule has 148 valence electrons. The Morgan fingerprint density at radius 3 is 2.66 bits per heavy atom. The van der Waals surface area contributed by atoms with Crippen LogP contribution in [0.1, 0.15) is 50.7 Å². The van der Waals surface area contributed by atoms with E-state index in [4.69, 9.17) is 0 Å². The predicted molar refractivity (Wildman–Crippen MR) is 112 cm³/mol. The minimum atomic E-state index is -0.170. The van der Waals surface area contributed by atoms with E-state index in [2.05, 4.69) is 15.5 Å². The van der Waals surface area contributed by atoms with E-state index in [1.807, 2.05) is 54.3 Å². The summed E-state index contributed by atoms with van der Waals surface area (Å²) < 4.78 is 0. The first kappa shape index (κ1) is 18.9. The first-order valence-electron chi connectivity index (χ1n) is 9.88. The van der Waals surface area contributed by atoms with E-state index in [9.17, 15) is 9.59 Å². The second-order valence-corrected chi connectivity index (χ2v) is 7.42. The van der Waals surface area contributed by atoms with Crippen LogP contribution in [-0.2, 0) is 0 Å². The van der Waals surface area contributed by atoms with Gasteiger partial charge in [-0.3, -0.25) is 14.7 Å². The number of aryl methyl sites for hydroxylation is 1. The van der Waals surface area contributed by atoms with Crippen LogP contribution in [0.5, 0.6) is 0 Å².